The molecular formula is C23H34F3N5O4. The topological polar surface area (TPSA) is 131 Å². The fraction of sp³-hybridized carbons (Fsp3) is 0.783. The number of nitrogens with one attached hydrogen (secondary N) is 4. The molecule has 4 N–H and O–H groups in total. The van der Waals surface area contributed by atoms with Crippen molar-refractivity contribution < 1.29 is 32.3 Å². The first-order valence-corrected chi connectivity index (χ1v) is 11.8. The Labute approximate surface area is 202 Å². The van der Waals surface area contributed by atoms with Gasteiger partial charge in [0.05, 0.1) is 6.04 Å². The van der Waals surface area contributed by atoms with E-state index in [1.807, 2.05) is 19.2 Å². The van der Waals surface area contributed by atoms with Gasteiger partial charge in [-0.3, -0.25) is 19.2 Å². The number of halogens is 3. The maximum Gasteiger partial charge on any atom is 0.471 e. The molecule has 3 aliphatic rings. The predicted octanol–water partition coefficient (Wildman–Crippen LogP) is 1.22. The van der Waals surface area contributed by atoms with Crippen molar-refractivity contribution >= 4 is 29.8 Å². The molecule has 1 aliphatic carbocycles. The number of likely N-dealkylation sites (tertiary alicyclic amines) is 1. The van der Waals surface area contributed by atoms with Gasteiger partial charge in [0.2, 0.25) is 17.7 Å². The van der Waals surface area contributed by atoms with Crippen LogP contribution in [-0.2, 0) is 19.2 Å². The second-order valence-electron chi connectivity index (χ2n) is 11.5. The number of alkyl halides is 3. The molecule has 4 amide bonds. The molecule has 0 bridgehead atoms. The van der Waals surface area contributed by atoms with Crippen LogP contribution in [0.25, 0.3) is 0 Å². The van der Waals surface area contributed by atoms with Crippen LogP contribution in [-0.4, -0.2) is 72.1 Å². The zero-order valence-electron chi connectivity index (χ0n) is 20.6. The normalized spacial score (nSPS) is 29.0. The first-order valence-electron chi connectivity index (χ1n) is 11.8. The van der Waals surface area contributed by atoms with Gasteiger partial charge in [-0.1, -0.05) is 34.6 Å². The van der Waals surface area contributed by atoms with Crippen molar-refractivity contribution in [3.63, 3.8) is 0 Å². The lowest BCUT2D eigenvalue weighted by Gasteiger charge is -2.38. The summed E-state index contributed by atoms with van der Waals surface area (Å²) < 4.78 is 38.8. The Balaban J connectivity index is 1.81. The van der Waals surface area contributed by atoms with Crippen LogP contribution < -0.4 is 16.0 Å². The number of carbonyl (C=O) groups excluding carboxylic acids is 4. The number of piperidine rings is 1. The summed E-state index contributed by atoms with van der Waals surface area (Å²) in [5.41, 5.74) is -1.29. The summed E-state index contributed by atoms with van der Waals surface area (Å²) in [4.78, 5) is 51.7. The number of amides is 4. The third kappa shape index (κ3) is 5.30. The molecular weight excluding hydrogens is 467 g/mol. The molecule has 6 atom stereocenters. The molecule has 12 heteroatoms. The van der Waals surface area contributed by atoms with Gasteiger partial charge in [-0.05, 0) is 35.5 Å². The molecule has 196 valence electrons. The van der Waals surface area contributed by atoms with Gasteiger partial charge in [-0.2, -0.15) is 13.2 Å². The van der Waals surface area contributed by atoms with Crippen LogP contribution in [0.5, 0.6) is 0 Å². The highest BCUT2D eigenvalue weighted by Crippen LogP contribution is 2.65. The van der Waals surface area contributed by atoms with Crippen LogP contribution >= 0.6 is 0 Å². The lowest BCUT2D eigenvalue weighted by Crippen LogP contribution is -2.61. The molecule has 2 heterocycles. The highest BCUT2D eigenvalue weighted by Gasteiger charge is 2.70. The number of nitrogens with zero attached hydrogens (tertiary/aromatic N) is 1. The summed E-state index contributed by atoms with van der Waals surface area (Å²) in [6.07, 6.45) is -3.27. The molecule has 0 aromatic carbocycles. The van der Waals surface area contributed by atoms with Gasteiger partial charge in [-0.15, -0.1) is 0 Å². The van der Waals surface area contributed by atoms with Crippen LogP contribution in [0.15, 0.2) is 0 Å². The number of hydrogen-bond acceptors (Lipinski definition) is 5. The Bertz CT molecular complexity index is 914. The minimum atomic E-state index is -5.15. The van der Waals surface area contributed by atoms with Gasteiger partial charge in [0.1, 0.15) is 12.1 Å². The van der Waals surface area contributed by atoms with E-state index in [2.05, 4.69) is 10.6 Å². The van der Waals surface area contributed by atoms with Crippen LogP contribution in [0.3, 0.4) is 0 Å². The maximum atomic E-state index is 13.5. The molecule has 3 rings (SSSR count). The Morgan fingerprint density at radius 1 is 1.23 bits per heavy atom. The first-order chi connectivity index (χ1) is 16.0. The standard InChI is InChI=1S/C23H34F3N5O4/c1-21(2,3)16(30-20(35)23(24,25)26)19(34)31-10-13-14(22(13,4)5)15(31)18(33)29-12(9-27)8-11-6-7-28-17(11)32/h9,11-16,27H,6-8,10H2,1-5H3,(H,28,32)(H,29,33)(H,30,35)/t11-,12-,13-,14-,15-,16+/m0/s1. The van der Waals surface area contributed by atoms with Crippen molar-refractivity contribution in [2.24, 2.45) is 28.6 Å². The second-order valence-corrected chi connectivity index (χ2v) is 11.5. The Morgan fingerprint density at radius 2 is 1.86 bits per heavy atom. The van der Waals surface area contributed by atoms with Crippen molar-refractivity contribution in [3.05, 3.63) is 0 Å². The van der Waals surface area contributed by atoms with Gasteiger partial charge in [0.15, 0.2) is 0 Å². The molecule has 1 saturated carbocycles. The Kier molecular flexibility index (Phi) is 6.99. The van der Waals surface area contributed by atoms with E-state index in [0.717, 1.165) is 6.21 Å². The van der Waals surface area contributed by atoms with Crippen LogP contribution in [0.1, 0.15) is 47.5 Å². The average molecular weight is 502 g/mol. The van der Waals surface area contributed by atoms with Crippen molar-refractivity contribution in [2.45, 2.75) is 71.8 Å². The van der Waals surface area contributed by atoms with Crippen LogP contribution in [0.4, 0.5) is 13.2 Å². The Morgan fingerprint density at radius 3 is 2.34 bits per heavy atom. The van der Waals surface area contributed by atoms with E-state index >= 15 is 0 Å². The number of hydrogen-bond donors (Lipinski definition) is 4. The zero-order valence-corrected chi connectivity index (χ0v) is 20.6. The van der Waals surface area contributed by atoms with Crippen molar-refractivity contribution in [2.75, 3.05) is 13.1 Å². The lowest BCUT2D eigenvalue weighted by molar-refractivity contribution is -0.176. The molecule has 0 unspecified atom stereocenters. The van der Waals surface area contributed by atoms with E-state index in [0.29, 0.717) is 13.0 Å². The smallest absolute Gasteiger partial charge is 0.356 e. The maximum absolute atomic E-state index is 13.5. The third-order valence-electron chi connectivity index (χ3n) is 7.64. The van der Waals surface area contributed by atoms with Crippen LogP contribution in [0.2, 0.25) is 0 Å². The van der Waals surface area contributed by atoms with Gasteiger partial charge in [0, 0.05) is 25.2 Å². The minimum absolute atomic E-state index is 0.0137. The monoisotopic (exact) mass is 501 g/mol. The molecule has 2 saturated heterocycles. The summed E-state index contributed by atoms with van der Waals surface area (Å²) in [6.45, 7) is 9.27. The van der Waals surface area contributed by atoms with E-state index in [1.165, 1.54) is 4.90 Å². The van der Waals surface area contributed by atoms with Gasteiger partial charge < -0.3 is 26.3 Å². The van der Waals surface area contributed by atoms with E-state index < -0.39 is 47.4 Å². The summed E-state index contributed by atoms with van der Waals surface area (Å²) in [7, 11) is 0. The number of carbonyl (C=O) groups is 4. The molecule has 35 heavy (non-hydrogen) atoms. The molecule has 9 nitrogen and oxygen atoms in total. The highest BCUT2D eigenvalue weighted by molar-refractivity contribution is 5.95. The van der Waals surface area contributed by atoms with Gasteiger partial charge in [0.25, 0.3) is 0 Å². The zero-order chi connectivity index (χ0) is 26.5. The summed E-state index contributed by atoms with van der Waals surface area (Å²) in [5, 5.41) is 15.0. The van der Waals surface area contributed by atoms with Crippen LogP contribution in [0, 0.1) is 34.0 Å². The molecule has 0 spiro atoms. The summed E-state index contributed by atoms with van der Waals surface area (Å²) in [6, 6.07) is -3.17. The first kappa shape index (κ1) is 26.9. The third-order valence-corrected chi connectivity index (χ3v) is 7.64. The van der Waals surface area contributed by atoms with E-state index in [9.17, 15) is 32.3 Å². The lowest BCUT2D eigenvalue weighted by atomic mass is 9.85. The van der Waals surface area contributed by atoms with Crippen molar-refractivity contribution in [3.8, 4) is 0 Å². The van der Waals surface area contributed by atoms with Crippen molar-refractivity contribution in [1.82, 2.24) is 20.9 Å². The quantitative estimate of drug-likeness (QED) is 0.391. The molecule has 2 aliphatic heterocycles. The fourth-order valence-corrected chi connectivity index (χ4v) is 5.45. The van der Waals surface area contributed by atoms with E-state index in [-0.39, 0.29) is 42.0 Å². The largest absolute Gasteiger partial charge is 0.471 e. The highest BCUT2D eigenvalue weighted by atomic mass is 19.4. The number of rotatable bonds is 7. The average Bonchev–Trinajstić information content (AvgIpc) is 3.10. The fourth-order valence-electron chi connectivity index (χ4n) is 5.45. The minimum Gasteiger partial charge on any atom is -0.356 e. The van der Waals surface area contributed by atoms with Gasteiger partial charge >= 0.3 is 12.1 Å². The molecule has 3 fully saturated rings. The molecule has 0 aromatic heterocycles. The summed E-state index contributed by atoms with van der Waals surface area (Å²) in [5.74, 6) is -4.17. The molecule has 0 aromatic rings. The Hall–Kier alpha value is -2.66. The van der Waals surface area contributed by atoms with Crippen molar-refractivity contribution in [1.29, 1.82) is 5.41 Å². The second kappa shape index (κ2) is 9.09. The van der Waals surface area contributed by atoms with Gasteiger partial charge in [-0.25, -0.2) is 0 Å². The molecule has 0 radical (unpaired) electrons. The summed E-state index contributed by atoms with van der Waals surface area (Å²) >= 11 is 0. The van der Waals surface area contributed by atoms with E-state index in [4.69, 9.17) is 5.41 Å². The SMILES string of the molecule is CC(C)(C)[C@H](NC(=O)C(F)(F)F)C(=O)N1C[C@H]2[C@@H]([C@H]1C(=O)N[C@H](C=N)C[C@@H]1CCNC1=O)C2(C)C. The van der Waals surface area contributed by atoms with E-state index in [1.54, 1.807) is 20.8 Å². The predicted molar refractivity (Wildman–Crippen MR) is 120 cm³/mol. The number of fused-ring (bicyclic) bond motifs is 1.